The smallest absolute Gasteiger partial charge is 0.203 e. The molecule has 18 heavy (non-hydrogen) atoms. The quantitative estimate of drug-likeness (QED) is 0.674. The molecule has 2 aromatic rings. The van der Waals surface area contributed by atoms with E-state index in [1.807, 2.05) is 32.0 Å². The number of benzene rings is 1. The molecule has 0 saturated carbocycles. The molecule has 0 aliphatic carbocycles. The zero-order chi connectivity index (χ0) is 13.3. The second-order valence-corrected chi connectivity index (χ2v) is 5.64. The summed E-state index contributed by atoms with van der Waals surface area (Å²) in [7, 11) is 0. The number of rotatable bonds is 3. The summed E-state index contributed by atoms with van der Waals surface area (Å²) in [6, 6.07) is 7.68. The Bertz CT molecular complexity index is 599. The minimum Gasteiger partial charge on any atom is -0.398 e. The molecule has 0 radical (unpaired) electrons. The molecule has 2 rings (SSSR count). The number of hydrogen-bond donors (Lipinski definition) is 1. The van der Waals surface area contributed by atoms with Crippen LogP contribution in [0.25, 0.3) is 0 Å². The maximum absolute atomic E-state index is 12.4. The molecule has 1 aromatic carbocycles. The van der Waals surface area contributed by atoms with Gasteiger partial charge in [0.25, 0.3) is 0 Å². The van der Waals surface area contributed by atoms with E-state index in [1.54, 1.807) is 17.4 Å². The predicted octanol–water partition coefficient (Wildman–Crippen LogP) is 3.74. The summed E-state index contributed by atoms with van der Waals surface area (Å²) in [4.78, 5) is 14.4. The predicted molar refractivity (Wildman–Crippen MR) is 77.5 cm³/mol. The number of anilines is 1. The van der Waals surface area contributed by atoms with Crippen LogP contribution in [0.2, 0.25) is 0 Å². The maximum Gasteiger partial charge on any atom is 0.203 e. The summed E-state index contributed by atoms with van der Waals surface area (Å²) in [5, 5.41) is 0. The highest BCUT2D eigenvalue weighted by molar-refractivity contribution is 7.14. The third-order valence-corrected chi connectivity index (χ3v) is 4.32. The highest BCUT2D eigenvalue weighted by atomic mass is 32.1. The summed E-state index contributed by atoms with van der Waals surface area (Å²) >= 11 is 1.56. The number of nitrogens with two attached hydrogens (primary N) is 1. The Balaban J connectivity index is 2.42. The van der Waals surface area contributed by atoms with Gasteiger partial charge in [-0.15, -0.1) is 11.3 Å². The van der Waals surface area contributed by atoms with E-state index < -0.39 is 0 Å². The Labute approximate surface area is 111 Å². The summed E-state index contributed by atoms with van der Waals surface area (Å²) < 4.78 is 0. The minimum absolute atomic E-state index is 0.0731. The molecule has 0 aliphatic rings. The average Bonchev–Trinajstić information content (AvgIpc) is 2.81. The second kappa shape index (κ2) is 4.94. The van der Waals surface area contributed by atoms with Crippen LogP contribution in [-0.4, -0.2) is 5.78 Å². The molecule has 0 aliphatic heterocycles. The highest BCUT2D eigenvalue weighted by Crippen LogP contribution is 2.24. The van der Waals surface area contributed by atoms with Gasteiger partial charge < -0.3 is 5.73 Å². The van der Waals surface area contributed by atoms with E-state index in [9.17, 15) is 4.79 Å². The molecule has 2 N–H and O–H groups in total. The van der Waals surface area contributed by atoms with Crippen molar-refractivity contribution in [3.63, 3.8) is 0 Å². The second-order valence-electron chi connectivity index (χ2n) is 4.47. The van der Waals surface area contributed by atoms with Gasteiger partial charge in [0.2, 0.25) is 5.78 Å². The number of carbonyl (C=O) groups is 1. The Kier molecular flexibility index (Phi) is 3.53. The van der Waals surface area contributed by atoms with Gasteiger partial charge in [0.05, 0.1) is 4.88 Å². The molecular formula is C15H17NOS. The van der Waals surface area contributed by atoms with Gasteiger partial charge >= 0.3 is 0 Å². The molecule has 0 bridgehead atoms. The van der Waals surface area contributed by atoms with Crippen molar-refractivity contribution in [1.82, 2.24) is 0 Å². The number of thiophene rings is 1. The monoisotopic (exact) mass is 259 g/mol. The fraction of sp³-hybridized carbons (Fsp3) is 0.267. The lowest BCUT2D eigenvalue weighted by atomic mass is 10.00. The molecule has 1 heterocycles. The molecule has 3 heteroatoms. The Morgan fingerprint density at radius 3 is 2.56 bits per heavy atom. The van der Waals surface area contributed by atoms with E-state index in [4.69, 9.17) is 5.73 Å². The number of nitrogen functional groups attached to an aromatic ring is 1. The van der Waals surface area contributed by atoms with E-state index >= 15 is 0 Å². The van der Waals surface area contributed by atoms with Crippen molar-refractivity contribution in [3.8, 4) is 0 Å². The van der Waals surface area contributed by atoms with E-state index in [2.05, 4.69) is 6.92 Å². The third-order valence-electron chi connectivity index (χ3n) is 3.09. The first-order valence-corrected chi connectivity index (χ1v) is 6.84. The molecule has 0 atom stereocenters. The Morgan fingerprint density at radius 2 is 1.94 bits per heavy atom. The van der Waals surface area contributed by atoms with Crippen LogP contribution in [0.1, 0.15) is 38.2 Å². The van der Waals surface area contributed by atoms with Crippen molar-refractivity contribution >= 4 is 22.8 Å². The molecule has 0 fully saturated rings. The average molecular weight is 259 g/mol. The van der Waals surface area contributed by atoms with Gasteiger partial charge in [0.1, 0.15) is 0 Å². The van der Waals surface area contributed by atoms with Gasteiger partial charge in [-0.25, -0.2) is 0 Å². The van der Waals surface area contributed by atoms with Crippen LogP contribution >= 0.6 is 11.3 Å². The van der Waals surface area contributed by atoms with E-state index in [0.717, 1.165) is 22.4 Å². The summed E-state index contributed by atoms with van der Waals surface area (Å²) in [5.41, 5.74) is 9.28. The largest absolute Gasteiger partial charge is 0.398 e. The molecule has 0 amide bonds. The van der Waals surface area contributed by atoms with Gasteiger partial charge in [-0.3, -0.25) is 4.79 Å². The zero-order valence-electron chi connectivity index (χ0n) is 10.9. The Morgan fingerprint density at radius 1 is 1.22 bits per heavy atom. The lowest BCUT2D eigenvalue weighted by Crippen LogP contribution is -2.04. The molecule has 2 nitrogen and oxygen atoms in total. The summed E-state index contributed by atoms with van der Waals surface area (Å²) in [6.45, 7) is 6.00. The van der Waals surface area contributed by atoms with Crippen LogP contribution in [-0.2, 0) is 6.42 Å². The van der Waals surface area contributed by atoms with Crippen molar-refractivity contribution in [2.24, 2.45) is 0 Å². The summed E-state index contributed by atoms with van der Waals surface area (Å²) in [6.07, 6.45) is 0.965. The van der Waals surface area contributed by atoms with Crippen molar-refractivity contribution < 1.29 is 4.79 Å². The standard InChI is InChI=1S/C15H17NOS/c1-4-11-5-6-14(18-11)15(17)12-8-13(16)10(3)7-9(12)2/h5-8H,4,16H2,1-3H3. The number of hydrogen-bond acceptors (Lipinski definition) is 3. The molecule has 94 valence electrons. The maximum atomic E-state index is 12.4. The van der Waals surface area contributed by atoms with Crippen molar-refractivity contribution in [2.75, 3.05) is 5.73 Å². The SMILES string of the molecule is CCc1ccc(C(=O)c2cc(N)c(C)cc2C)s1. The van der Waals surface area contributed by atoms with Gasteiger partial charge in [0.15, 0.2) is 0 Å². The molecule has 0 saturated heterocycles. The van der Waals surface area contributed by atoms with Gasteiger partial charge in [-0.1, -0.05) is 13.0 Å². The van der Waals surface area contributed by atoms with E-state index in [1.165, 1.54) is 4.88 Å². The number of carbonyl (C=O) groups excluding carboxylic acids is 1. The first-order chi connectivity index (χ1) is 8.52. The fourth-order valence-electron chi connectivity index (χ4n) is 1.94. The van der Waals surface area contributed by atoms with Crippen LogP contribution in [0.15, 0.2) is 24.3 Å². The van der Waals surface area contributed by atoms with Crippen LogP contribution in [0.3, 0.4) is 0 Å². The van der Waals surface area contributed by atoms with Gasteiger partial charge in [-0.2, -0.15) is 0 Å². The van der Waals surface area contributed by atoms with E-state index in [-0.39, 0.29) is 5.78 Å². The lowest BCUT2D eigenvalue weighted by molar-refractivity contribution is 0.104. The molecule has 0 unspecified atom stereocenters. The fourth-order valence-corrected chi connectivity index (χ4v) is 2.84. The number of aryl methyl sites for hydroxylation is 3. The van der Waals surface area contributed by atoms with Crippen molar-refractivity contribution in [2.45, 2.75) is 27.2 Å². The lowest BCUT2D eigenvalue weighted by Gasteiger charge is -2.07. The van der Waals surface area contributed by atoms with Gasteiger partial charge in [-0.05, 0) is 49.6 Å². The summed E-state index contributed by atoms with van der Waals surface area (Å²) in [5.74, 6) is 0.0731. The number of ketones is 1. The van der Waals surface area contributed by atoms with Crippen LogP contribution in [0, 0.1) is 13.8 Å². The van der Waals surface area contributed by atoms with Crippen molar-refractivity contribution in [3.05, 3.63) is 50.7 Å². The topological polar surface area (TPSA) is 43.1 Å². The van der Waals surface area contributed by atoms with Crippen molar-refractivity contribution in [1.29, 1.82) is 0 Å². The normalized spacial score (nSPS) is 10.6. The van der Waals surface area contributed by atoms with Crippen LogP contribution in [0.4, 0.5) is 5.69 Å². The highest BCUT2D eigenvalue weighted by Gasteiger charge is 2.15. The molecule has 1 aromatic heterocycles. The van der Waals surface area contributed by atoms with E-state index in [0.29, 0.717) is 11.3 Å². The molecule has 0 spiro atoms. The minimum atomic E-state index is 0.0731. The van der Waals surface area contributed by atoms with Gasteiger partial charge in [0, 0.05) is 16.1 Å². The first-order valence-electron chi connectivity index (χ1n) is 6.03. The van der Waals surface area contributed by atoms with Crippen LogP contribution in [0.5, 0.6) is 0 Å². The molecular weight excluding hydrogens is 242 g/mol. The zero-order valence-corrected chi connectivity index (χ0v) is 11.7. The van der Waals surface area contributed by atoms with Crippen LogP contribution < -0.4 is 5.73 Å². The Hall–Kier alpha value is -1.61. The third kappa shape index (κ3) is 2.31. The first kappa shape index (κ1) is 12.8.